The molecule has 0 atom stereocenters. The summed E-state index contributed by atoms with van der Waals surface area (Å²) < 4.78 is 9.48. The van der Waals surface area contributed by atoms with Crippen LogP contribution < -0.4 is 10.2 Å². The molecule has 30 heavy (non-hydrogen) atoms. The smallest absolute Gasteiger partial charge is 0.348 e. The first-order chi connectivity index (χ1) is 14.3. The van der Waals surface area contributed by atoms with E-state index in [-0.39, 0.29) is 40.1 Å². The lowest BCUT2D eigenvalue weighted by Gasteiger charge is -2.17. The summed E-state index contributed by atoms with van der Waals surface area (Å²) in [7, 11) is 4.14. The molecule has 1 N–H and O–H groups in total. The minimum absolute atomic E-state index is 0.0828. The monoisotopic (exact) mass is 432 g/mol. The summed E-state index contributed by atoms with van der Waals surface area (Å²) in [6, 6.07) is 9.22. The molecule has 0 radical (unpaired) electrons. The van der Waals surface area contributed by atoms with Crippen molar-refractivity contribution in [1.29, 1.82) is 0 Å². The number of carbonyl (C=O) groups is 4. The van der Waals surface area contributed by atoms with E-state index in [1.54, 1.807) is 18.9 Å². The average Bonchev–Trinajstić information content (AvgIpc) is 3.08. The van der Waals surface area contributed by atoms with Gasteiger partial charge in [-0.15, -0.1) is 11.3 Å². The Morgan fingerprint density at radius 3 is 2.23 bits per heavy atom. The second kappa shape index (κ2) is 10.5. The Bertz CT molecular complexity index is 938. The molecule has 0 spiro atoms. The van der Waals surface area contributed by atoms with E-state index < -0.39 is 11.9 Å². The van der Waals surface area contributed by atoms with Crippen LogP contribution in [0.2, 0.25) is 0 Å². The van der Waals surface area contributed by atoms with E-state index in [1.165, 1.54) is 14.2 Å². The summed E-state index contributed by atoms with van der Waals surface area (Å²) in [5.74, 6) is -1.73. The van der Waals surface area contributed by atoms with Crippen molar-refractivity contribution in [3.05, 3.63) is 46.3 Å². The molecule has 0 aliphatic heterocycles. The Morgan fingerprint density at radius 2 is 1.63 bits per heavy atom. The van der Waals surface area contributed by atoms with Crippen molar-refractivity contribution < 1.29 is 28.7 Å². The Balaban J connectivity index is 2.00. The molecule has 160 valence electrons. The van der Waals surface area contributed by atoms with E-state index in [0.717, 1.165) is 17.0 Å². The summed E-state index contributed by atoms with van der Waals surface area (Å²) in [5, 5.41) is 2.87. The van der Waals surface area contributed by atoms with Crippen LogP contribution >= 0.6 is 11.3 Å². The molecule has 0 saturated heterocycles. The first kappa shape index (κ1) is 23.1. The fourth-order valence-electron chi connectivity index (χ4n) is 2.79. The minimum Gasteiger partial charge on any atom is -0.465 e. The number of methoxy groups -OCH3 is 2. The van der Waals surface area contributed by atoms with Gasteiger partial charge in [-0.3, -0.25) is 9.59 Å². The lowest BCUT2D eigenvalue weighted by atomic mass is 10.1. The number of thiophene rings is 1. The maximum atomic E-state index is 12.4. The number of ether oxygens (including phenoxy) is 2. The number of anilines is 2. The van der Waals surface area contributed by atoms with Gasteiger partial charge in [0.2, 0.25) is 11.8 Å². The first-order valence-corrected chi connectivity index (χ1v) is 10.0. The van der Waals surface area contributed by atoms with Gasteiger partial charge in [0.1, 0.15) is 9.88 Å². The van der Waals surface area contributed by atoms with Crippen molar-refractivity contribution in [2.45, 2.75) is 26.2 Å². The number of amides is 2. The molecule has 2 aromatic rings. The van der Waals surface area contributed by atoms with E-state index in [4.69, 9.17) is 9.47 Å². The molecule has 0 saturated carbocycles. The zero-order valence-corrected chi connectivity index (χ0v) is 18.1. The minimum atomic E-state index is -0.658. The first-order valence-electron chi connectivity index (χ1n) is 9.21. The predicted octanol–water partition coefficient (Wildman–Crippen LogP) is 3.40. The topological polar surface area (TPSA) is 102 Å². The van der Waals surface area contributed by atoms with Gasteiger partial charge in [0, 0.05) is 25.6 Å². The van der Waals surface area contributed by atoms with Gasteiger partial charge in [0.15, 0.2) is 0 Å². The van der Waals surface area contributed by atoms with Crippen LogP contribution in [0.3, 0.4) is 0 Å². The molecule has 1 aromatic carbocycles. The number of rotatable bonds is 8. The molecule has 9 heteroatoms. The van der Waals surface area contributed by atoms with Crippen LogP contribution in [0.25, 0.3) is 0 Å². The molecule has 0 unspecified atom stereocenters. The Labute approximate surface area is 178 Å². The molecule has 0 aliphatic carbocycles. The van der Waals surface area contributed by atoms with Crippen molar-refractivity contribution in [1.82, 2.24) is 0 Å². The van der Waals surface area contributed by atoms with E-state index in [2.05, 4.69) is 5.32 Å². The van der Waals surface area contributed by atoms with Crippen molar-refractivity contribution >= 4 is 45.8 Å². The molecule has 2 rings (SSSR count). The van der Waals surface area contributed by atoms with Gasteiger partial charge >= 0.3 is 11.9 Å². The third-order valence-electron chi connectivity index (χ3n) is 4.47. The number of benzene rings is 1. The van der Waals surface area contributed by atoms with Gasteiger partial charge in [0.25, 0.3) is 0 Å². The largest absolute Gasteiger partial charge is 0.465 e. The lowest BCUT2D eigenvalue weighted by molar-refractivity contribution is -0.118. The fourth-order valence-corrected chi connectivity index (χ4v) is 3.92. The highest BCUT2D eigenvalue weighted by atomic mass is 32.1. The number of hydrogen-bond acceptors (Lipinski definition) is 7. The quantitative estimate of drug-likeness (QED) is 0.642. The van der Waals surface area contributed by atoms with Gasteiger partial charge < -0.3 is 19.7 Å². The van der Waals surface area contributed by atoms with Gasteiger partial charge in [-0.25, -0.2) is 9.59 Å². The van der Waals surface area contributed by atoms with Crippen molar-refractivity contribution in [3.8, 4) is 0 Å². The molecular weight excluding hydrogens is 408 g/mol. The lowest BCUT2D eigenvalue weighted by Crippen LogP contribution is -2.26. The molecule has 0 fully saturated rings. The SMILES string of the molecule is COC(=O)c1sc(NC(=O)CCCC(=O)N(C)c2ccccc2)c(C(=O)OC)c1C. The molecule has 1 heterocycles. The maximum Gasteiger partial charge on any atom is 0.348 e. The number of nitrogens with one attached hydrogen (secondary N) is 1. The highest BCUT2D eigenvalue weighted by molar-refractivity contribution is 7.18. The second-order valence-corrected chi connectivity index (χ2v) is 7.45. The second-order valence-electron chi connectivity index (χ2n) is 6.43. The zero-order chi connectivity index (χ0) is 22.3. The van der Waals surface area contributed by atoms with Gasteiger partial charge in [-0.1, -0.05) is 18.2 Å². The highest BCUT2D eigenvalue weighted by Crippen LogP contribution is 2.34. The summed E-state index contributed by atoms with van der Waals surface area (Å²) in [4.78, 5) is 50.4. The van der Waals surface area contributed by atoms with Crippen molar-refractivity contribution in [2.75, 3.05) is 31.5 Å². The van der Waals surface area contributed by atoms with Gasteiger partial charge in [0.05, 0.1) is 19.8 Å². The van der Waals surface area contributed by atoms with E-state index in [9.17, 15) is 19.2 Å². The molecule has 8 nitrogen and oxygen atoms in total. The van der Waals surface area contributed by atoms with Crippen molar-refractivity contribution in [3.63, 3.8) is 0 Å². The molecule has 0 bridgehead atoms. The van der Waals surface area contributed by atoms with Crippen LogP contribution in [0.1, 0.15) is 44.9 Å². The van der Waals surface area contributed by atoms with Crippen LogP contribution in [0, 0.1) is 6.92 Å². The summed E-state index contributed by atoms with van der Waals surface area (Å²) >= 11 is 0.950. The number of nitrogens with zero attached hydrogens (tertiary/aromatic N) is 1. The number of para-hydroxylation sites is 1. The van der Waals surface area contributed by atoms with E-state index >= 15 is 0 Å². The zero-order valence-electron chi connectivity index (χ0n) is 17.3. The van der Waals surface area contributed by atoms with Crippen molar-refractivity contribution in [2.24, 2.45) is 0 Å². The van der Waals surface area contributed by atoms with Crippen LogP contribution in [-0.2, 0) is 19.1 Å². The summed E-state index contributed by atoms with van der Waals surface area (Å²) in [5.41, 5.74) is 1.28. The highest BCUT2D eigenvalue weighted by Gasteiger charge is 2.26. The summed E-state index contributed by atoms with van der Waals surface area (Å²) in [6.45, 7) is 1.59. The third-order valence-corrected chi connectivity index (χ3v) is 5.66. The molecule has 0 aliphatic rings. The number of esters is 2. The normalized spacial score (nSPS) is 10.3. The van der Waals surface area contributed by atoms with Gasteiger partial charge in [-0.05, 0) is 31.0 Å². The van der Waals surface area contributed by atoms with Gasteiger partial charge in [-0.2, -0.15) is 0 Å². The Hall–Kier alpha value is -3.20. The number of carbonyl (C=O) groups excluding carboxylic acids is 4. The Morgan fingerprint density at radius 1 is 1.00 bits per heavy atom. The number of hydrogen-bond donors (Lipinski definition) is 1. The van der Waals surface area contributed by atoms with E-state index in [0.29, 0.717) is 12.0 Å². The third kappa shape index (κ3) is 5.44. The molecule has 2 amide bonds. The van der Waals surface area contributed by atoms with E-state index in [1.807, 2.05) is 30.3 Å². The average molecular weight is 432 g/mol. The van der Waals surface area contributed by atoms with Crippen LogP contribution in [0.4, 0.5) is 10.7 Å². The maximum absolute atomic E-state index is 12.4. The Kier molecular flexibility index (Phi) is 8.11. The van der Waals surface area contributed by atoms with Crippen LogP contribution in [0.15, 0.2) is 30.3 Å². The predicted molar refractivity (Wildman–Crippen MR) is 114 cm³/mol. The molecule has 1 aromatic heterocycles. The standard InChI is InChI=1S/C21H24N2O6S/c1-13-17(20(26)28-3)19(30-18(13)21(27)29-4)22-15(24)11-8-12-16(25)23(2)14-9-6-5-7-10-14/h5-7,9-10H,8,11-12H2,1-4H3,(H,22,24). The fraction of sp³-hybridized carbons (Fsp3) is 0.333. The van der Waals surface area contributed by atoms with Crippen LogP contribution in [0.5, 0.6) is 0 Å². The van der Waals surface area contributed by atoms with Crippen LogP contribution in [-0.4, -0.2) is 45.0 Å². The summed E-state index contributed by atoms with van der Waals surface area (Å²) in [6.07, 6.45) is 0.614. The molecular formula is C21H24N2O6S.